The van der Waals surface area contributed by atoms with E-state index in [0.29, 0.717) is 0 Å². The summed E-state index contributed by atoms with van der Waals surface area (Å²) in [6.07, 6.45) is -1.44. The maximum atomic E-state index is 13.0. The van der Waals surface area contributed by atoms with Gasteiger partial charge in [0.2, 0.25) is 5.75 Å². The first-order valence-corrected chi connectivity index (χ1v) is 5.60. The van der Waals surface area contributed by atoms with Gasteiger partial charge >= 0.3 is 5.69 Å². The molecule has 0 amide bonds. The maximum Gasteiger partial charge on any atom is 0.315 e. The second-order valence-corrected chi connectivity index (χ2v) is 4.41. The van der Waals surface area contributed by atoms with Gasteiger partial charge in [-0.25, -0.2) is 4.39 Å². The normalized spacial score (nSPS) is 14.2. The van der Waals surface area contributed by atoms with Crippen molar-refractivity contribution in [3.63, 3.8) is 0 Å². The molecule has 1 aromatic carbocycles. The van der Waals surface area contributed by atoms with E-state index in [9.17, 15) is 19.6 Å². The zero-order chi connectivity index (χ0) is 13.2. The molecule has 1 rings (SSSR count). The molecular weight excluding hydrogens is 297 g/mol. The molecule has 0 aliphatic heterocycles. The molecule has 1 aromatic rings. The lowest BCUT2D eigenvalue weighted by Gasteiger charge is -2.18. The molecule has 0 radical (unpaired) electrons. The van der Waals surface area contributed by atoms with Crippen LogP contribution in [0.3, 0.4) is 0 Å². The Balaban J connectivity index is 3.17. The maximum absolute atomic E-state index is 13.0. The molecule has 0 fully saturated rings. The van der Waals surface area contributed by atoms with Crippen LogP contribution >= 0.6 is 15.9 Å². The molecule has 17 heavy (non-hydrogen) atoms. The number of halogens is 2. The Labute approximate surface area is 105 Å². The van der Waals surface area contributed by atoms with E-state index in [1.54, 1.807) is 6.92 Å². The number of hydrogen-bond donors (Lipinski definition) is 1. The fourth-order valence-corrected chi connectivity index (χ4v) is 1.60. The van der Waals surface area contributed by atoms with Gasteiger partial charge < -0.3 is 9.84 Å². The summed E-state index contributed by atoms with van der Waals surface area (Å²) >= 11 is 2.99. The Hall–Kier alpha value is -1.21. The first-order chi connectivity index (χ1) is 7.82. The zero-order valence-corrected chi connectivity index (χ0v) is 10.8. The molecule has 94 valence electrons. The molecular formula is C10H11BrFNO4. The average molecular weight is 308 g/mol. The van der Waals surface area contributed by atoms with E-state index < -0.39 is 28.6 Å². The van der Waals surface area contributed by atoms with E-state index in [2.05, 4.69) is 15.9 Å². The van der Waals surface area contributed by atoms with Crippen LogP contribution in [0.5, 0.6) is 5.75 Å². The Morgan fingerprint density at radius 1 is 1.53 bits per heavy atom. The lowest BCUT2D eigenvalue weighted by molar-refractivity contribution is -0.386. The zero-order valence-electron chi connectivity index (χ0n) is 9.18. The number of nitrogens with zero attached hydrogens (tertiary/aromatic N) is 1. The lowest BCUT2D eigenvalue weighted by atomic mass is 10.2. The second-order valence-electron chi connectivity index (χ2n) is 3.56. The van der Waals surface area contributed by atoms with Crippen LogP contribution in [0.15, 0.2) is 16.6 Å². The summed E-state index contributed by atoms with van der Waals surface area (Å²) in [5.41, 5.74) is -0.482. The van der Waals surface area contributed by atoms with Crippen molar-refractivity contribution in [3.05, 3.63) is 32.5 Å². The van der Waals surface area contributed by atoms with Gasteiger partial charge in [0.15, 0.2) is 0 Å². The number of benzene rings is 1. The highest BCUT2D eigenvalue weighted by Gasteiger charge is 2.23. The number of nitro benzene ring substituents is 1. The van der Waals surface area contributed by atoms with Gasteiger partial charge in [-0.2, -0.15) is 0 Å². The highest BCUT2D eigenvalue weighted by atomic mass is 79.9. The predicted molar refractivity (Wildman–Crippen MR) is 62.5 cm³/mol. The third-order valence-electron chi connectivity index (χ3n) is 2.17. The summed E-state index contributed by atoms with van der Waals surface area (Å²) in [7, 11) is 0. The topological polar surface area (TPSA) is 72.6 Å². The number of rotatable bonds is 4. The largest absolute Gasteiger partial charge is 0.480 e. The molecule has 0 saturated heterocycles. The van der Waals surface area contributed by atoms with Crippen LogP contribution in [-0.2, 0) is 0 Å². The van der Waals surface area contributed by atoms with Gasteiger partial charge in [0.1, 0.15) is 11.9 Å². The van der Waals surface area contributed by atoms with E-state index in [1.807, 2.05) is 0 Å². The van der Waals surface area contributed by atoms with Crippen molar-refractivity contribution in [2.45, 2.75) is 26.1 Å². The number of ether oxygens (including phenoxy) is 1. The minimum Gasteiger partial charge on any atom is -0.480 e. The van der Waals surface area contributed by atoms with Crippen molar-refractivity contribution in [2.24, 2.45) is 0 Å². The predicted octanol–water partition coefficient (Wildman–Crippen LogP) is 2.64. The summed E-state index contributed by atoms with van der Waals surface area (Å²) in [6, 6.07) is 1.84. The van der Waals surface area contributed by atoms with Crippen molar-refractivity contribution < 1.29 is 19.2 Å². The molecule has 2 unspecified atom stereocenters. The highest BCUT2D eigenvalue weighted by Crippen LogP contribution is 2.36. The average Bonchev–Trinajstić information content (AvgIpc) is 2.20. The Kier molecular flexibility index (Phi) is 4.41. The number of aliphatic hydroxyl groups excluding tert-OH is 1. The standard InChI is InChI=1S/C10H11BrFNO4/c1-5(14)6(2)17-10-8(11)3-7(12)4-9(10)13(15)16/h3-6,14H,1-2H3. The first-order valence-electron chi connectivity index (χ1n) is 4.81. The molecule has 0 aromatic heterocycles. The molecule has 0 spiro atoms. The van der Waals surface area contributed by atoms with Crippen molar-refractivity contribution in [1.29, 1.82) is 0 Å². The van der Waals surface area contributed by atoms with Crippen LogP contribution in [0.4, 0.5) is 10.1 Å². The van der Waals surface area contributed by atoms with Gasteiger partial charge in [0.05, 0.1) is 21.6 Å². The van der Waals surface area contributed by atoms with Gasteiger partial charge in [-0.1, -0.05) is 0 Å². The fourth-order valence-electron chi connectivity index (χ4n) is 1.08. The Bertz CT molecular complexity index is 439. The summed E-state index contributed by atoms with van der Waals surface area (Å²) in [6.45, 7) is 3.05. The van der Waals surface area contributed by atoms with E-state index in [1.165, 1.54) is 6.92 Å². The van der Waals surface area contributed by atoms with Crippen molar-refractivity contribution >= 4 is 21.6 Å². The van der Waals surface area contributed by atoms with E-state index >= 15 is 0 Å². The lowest BCUT2D eigenvalue weighted by Crippen LogP contribution is -2.26. The number of aliphatic hydroxyl groups is 1. The first kappa shape index (κ1) is 13.9. The summed E-state index contributed by atoms with van der Waals surface area (Å²) in [4.78, 5) is 10.0. The summed E-state index contributed by atoms with van der Waals surface area (Å²) in [5, 5.41) is 20.0. The molecule has 7 heteroatoms. The molecule has 0 aliphatic carbocycles. The quantitative estimate of drug-likeness (QED) is 0.685. The Morgan fingerprint density at radius 3 is 2.59 bits per heavy atom. The summed E-state index contributed by atoms with van der Waals surface area (Å²) in [5.74, 6) is -0.828. The smallest absolute Gasteiger partial charge is 0.315 e. The molecule has 5 nitrogen and oxygen atoms in total. The molecule has 0 aliphatic rings. The van der Waals surface area contributed by atoms with Crippen molar-refractivity contribution in [3.8, 4) is 5.75 Å². The second kappa shape index (κ2) is 5.42. The minimum atomic E-state index is -0.799. The molecule has 2 atom stereocenters. The van der Waals surface area contributed by atoms with Gasteiger partial charge in [-0.05, 0) is 35.8 Å². The Morgan fingerprint density at radius 2 is 2.12 bits per heavy atom. The van der Waals surface area contributed by atoms with E-state index in [-0.39, 0.29) is 10.2 Å². The van der Waals surface area contributed by atoms with Gasteiger partial charge in [-0.15, -0.1) is 0 Å². The fraction of sp³-hybridized carbons (Fsp3) is 0.400. The molecule has 0 heterocycles. The molecule has 1 N–H and O–H groups in total. The van der Waals surface area contributed by atoms with Crippen LogP contribution < -0.4 is 4.74 Å². The highest BCUT2D eigenvalue weighted by molar-refractivity contribution is 9.10. The minimum absolute atomic E-state index is 0.0928. The third kappa shape index (κ3) is 3.37. The van der Waals surface area contributed by atoms with Crippen LogP contribution in [0.25, 0.3) is 0 Å². The van der Waals surface area contributed by atoms with Crippen LogP contribution in [0.2, 0.25) is 0 Å². The molecule has 0 bridgehead atoms. The van der Waals surface area contributed by atoms with Crippen LogP contribution in [0.1, 0.15) is 13.8 Å². The van der Waals surface area contributed by atoms with Gasteiger partial charge in [0, 0.05) is 0 Å². The van der Waals surface area contributed by atoms with Gasteiger partial charge in [-0.3, -0.25) is 10.1 Å². The summed E-state index contributed by atoms with van der Waals surface area (Å²) < 4.78 is 18.4. The van der Waals surface area contributed by atoms with E-state index in [0.717, 1.165) is 12.1 Å². The monoisotopic (exact) mass is 307 g/mol. The molecule has 0 saturated carbocycles. The number of hydrogen-bond acceptors (Lipinski definition) is 4. The number of nitro groups is 1. The van der Waals surface area contributed by atoms with Gasteiger partial charge in [0.25, 0.3) is 0 Å². The third-order valence-corrected chi connectivity index (χ3v) is 2.76. The van der Waals surface area contributed by atoms with Crippen molar-refractivity contribution in [2.75, 3.05) is 0 Å². The van der Waals surface area contributed by atoms with Crippen LogP contribution in [0, 0.1) is 15.9 Å². The van der Waals surface area contributed by atoms with Crippen molar-refractivity contribution in [1.82, 2.24) is 0 Å². The SMILES string of the molecule is CC(O)C(C)Oc1c(Br)cc(F)cc1[N+](=O)[O-]. The van der Waals surface area contributed by atoms with Crippen LogP contribution in [-0.4, -0.2) is 22.2 Å². The van der Waals surface area contributed by atoms with E-state index in [4.69, 9.17) is 4.74 Å².